The van der Waals surface area contributed by atoms with Gasteiger partial charge in [-0.3, -0.25) is 0 Å². The highest BCUT2D eigenvalue weighted by Gasteiger charge is 2.09. The van der Waals surface area contributed by atoms with Crippen LogP contribution in [0.1, 0.15) is 29.4 Å². The van der Waals surface area contributed by atoms with E-state index in [0.29, 0.717) is 0 Å². The Labute approximate surface area is 80.4 Å². The van der Waals surface area contributed by atoms with Gasteiger partial charge in [-0.05, 0) is 20.8 Å². The zero-order valence-corrected chi connectivity index (χ0v) is 8.89. The molecule has 0 aliphatic heterocycles. The summed E-state index contributed by atoms with van der Waals surface area (Å²) >= 11 is 0. The maximum atomic E-state index is 3.84. The normalized spacial score (nSPS) is 11.1. The summed E-state index contributed by atoms with van der Waals surface area (Å²) in [5.74, 6) is 0. The van der Waals surface area contributed by atoms with Crippen LogP contribution < -0.4 is 0 Å². The van der Waals surface area contributed by atoms with Crippen molar-refractivity contribution in [3.8, 4) is 0 Å². The van der Waals surface area contributed by atoms with Crippen molar-refractivity contribution in [1.82, 2.24) is 4.57 Å². The van der Waals surface area contributed by atoms with Crippen molar-refractivity contribution in [1.29, 1.82) is 0 Å². The van der Waals surface area contributed by atoms with E-state index in [-0.39, 0.29) is 0 Å². The molecule has 0 fully saturated rings. The molecule has 0 bridgehead atoms. The lowest BCUT2D eigenvalue weighted by molar-refractivity contribution is 0.842. The molecule has 1 nitrogen and oxygen atoms in total. The first-order valence-corrected chi connectivity index (χ1v) is 4.54. The second-order valence-corrected chi connectivity index (χ2v) is 3.26. The summed E-state index contributed by atoms with van der Waals surface area (Å²) in [6.45, 7) is 10.1. The smallest absolute Gasteiger partial charge is 0.0221 e. The SMILES string of the molecule is C=Cc1c(/C=C\C)c(C)n(C)c1C. The average molecular weight is 175 g/mol. The fraction of sp³-hybridized carbons (Fsp3) is 0.333. The predicted molar refractivity (Wildman–Crippen MR) is 59.7 cm³/mol. The lowest BCUT2D eigenvalue weighted by Crippen LogP contribution is -1.92. The lowest BCUT2D eigenvalue weighted by atomic mass is 10.1. The minimum Gasteiger partial charge on any atom is -0.351 e. The van der Waals surface area contributed by atoms with Crippen LogP contribution in [0.25, 0.3) is 12.2 Å². The van der Waals surface area contributed by atoms with E-state index in [1.807, 2.05) is 13.0 Å². The molecule has 0 aliphatic carbocycles. The molecular formula is C12H17N. The van der Waals surface area contributed by atoms with E-state index in [2.05, 4.69) is 44.2 Å². The van der Waals surface area contributed by atoms with Crippen molar-refractivity contribution in [3.63, 3.8) is 0 Å². The standard InChI is InChI=1S/C12H17N/c1-6-8-12-10(4)13(5)9(3)11(12)7-2/h6-8H,2H2,1,3-5H3/b8-6-. The minimum absolute atomic E-state index is 1.25. The Bertz CT molecular complexity index is 354. The van der Waals surface area contributed by atoms with Gasteiger partial charge in [0.1, 0.15) is 0 Å². The van der Waals surface area contributed by atoms with E-state index >= 15 is 0 Å². The second-order valence-electron chi connectivity index (χ2n) is 3.26. The molecule has 1 aromatic rings. The van der Waals surface area contributed by atoms with Gasteiger partial charge in [-0.15, -0.1) is 0 Å². The molecule has 70 valence electrons. The maximum absolute atomic E-state index is 3.84. The van der Waals surface area contributed by atoms with Crippen LogP contribution >= 0.6 is 0 Å². The largest absolute Gasteiger partial charge is 0.351 e. The van der Waals surface area contributed by atoms with Crippen LogP contribution in [0.3, 0.4) is 0 Å². The zero-order chi connectivity index (χ0) is 10.0. The first-order valence-electron chi connectivity index (χ1n) is 4.54. The fourth-order valence-corrected chi connectivity index (χ4v) is 1.64. The molecule has 0 radical (unpaired) electrons. The van der Waals surface area contributed by atoms with Gasteiger partial charge in [0, 0.05) is 29.6 Å². The van der Waals surface area contributed by atoms with E-state index in [1.165, 1.54) is 22.5 Å². The molecule has 0 N–H and O–H groups in total. The average Bonchev–Trinajstić information content (AvgIpc) is 2.32. The van der Waals surface area contributed by atoms with Crippen LogP contribution in [0.4, 0.5) is 0 Å². The highest BCUT2D eigenvalue weighted by Crippen LogP contribution is 2.23. The van der Waals surface area contributed by atoms with Crippen LogP contribution in [0.15, 0.2) is 12.7 Å². The summed E-state index contributed by atoms with van der Waals surface area (Å²) in [6.07, 6.45) is 6.13. The van der Waals surface area contributed by atoms with Gasteiger partial charge in [-0.1, -0.05) is 24.8 Å². The molecule has 0 aromatic carbocycles. The summed E-state index contributed by atoms with van der Waals surface area (Å²) in [4.78, 5) is 0. The highest BCUT2D eigenvalue weighted by molar-refractivity contribution is 5.68. The van der Waals surface area contributed by atoms with Gasteiger partial charge in [-0.2, -0.15) is 0 Å². The molecular weight excluding hydrogens is 158 g/mol. The van der Waals surface area contributed by atoms with E-state index < -0.39 is 0 Å². The third-order valence-electron chi connectivity index (χ3n) is 2.61. The third-order valence-corrected chi connectivity index (χ3v) is 2.61. The monoisotopic (exact) mass is 175 g/mol. The number of hydrogen-bond acceptors (Lipinski definition) is 0. The van der Waals surface area contributed by atoms with Crippen molar-refractivity contribution < 1.29 is 0 Å². The molecule has 13 heavy (non-hydrogen) atoms. The van der Waals surface area contributed by atoms with Crippen molar-refractivity contribution in [2.45, 2.75) is 20.8 Å². The van der Waals surface area contributed by atoms with Gasteiger partial charge in [0.05, 0.1) is 0 Å². The maximum Gasteiger partial charge on any atom is 0.0221 e. The Morgan fingerprint density at radius 3 is 2.15 bits per heavy atom. The van der Waals surface area contributed by atoms with Crippen LogP contribution in [0.5, 0.6) is 0 Å². The van der Waals surface area contributed by atoms with Crippen LogP contribution in [-0.4, -0.2) is 4.57 Å². The first kappa shape index (κ1) is 9.85. The van der Waals surface area contributed by atoms with Crippen molar-refractivity contribution in [3.05, 3.63) is 35.2 Å². The molecule has 0 saturated carbocycles. The van der Waals surface area contributed by atoms with Gasteiger partial charge < -0.3 is 4.57 Å². The molecule has 1 heterocycles. The zero-order valence-electron chi connectivity index (χ0n) is 8.89. The van der Waals surface area contributed by atoms with E-state index in [1.54, 1.807) is 0 Å². The molecule has 1 aromatic heterocycles. The molecule has 0 atom stereocenters. The molecule has 1 rings (SSSR count). The number of allylic oxidation sites excluding steroid dienone is 1. The van der Waals surface area contributed by atoms with Gasteiger partial charge in [0.2, 0.25) is 0 Å². The molecule has 1 heteroatoms. The number of rotatable bonds is 2. The van der Waals surface area contributed by atoms with Gasteiger partial charge >= 0.3 is 0 Å². The number of nitrogens with zero attached hydrogens (tertiary/aromatic N) is 1. The molecule has 0 amide bonds. The van der Waals surface area contributed by atoms with E-state index in [9.17, 15) is 0 Å². The lowest BCUT2D eigenvalue weighted by Gasteiger charge is -1.98. The third kappa shape index (κ3) is 1.46. The van der Waals surface area contributed by atoms with Crippen molar-refractivity contribution in [2.24, 2.45) is 7.05 Å². The Morgan fingerprint density at radius 1 is 1.15 bits per heavy atom. The molecule has 0 saturated heterocycles. The topological polar surface area (TPSA) is 4.93 Å². The quantitative estimate of drug-likeness (QED) is 0.650. The van der Waals surface area contributed by atoms with Gasteiger partial charge in [0.25, 0.3) is 0 Å². The summed E-state index contributed by atoms with van der Waals surface area (Å²) < 4.78 is 2.20. The highest BCUT2D eigenvalue weighted by atomic mass is 15.0. The van der Waals surface area contributed by atoms with Gasteiger partial charge in [-0.25, -0.2) is 0 Å². The minimum atomic E-state index is 1.25. The van der Waals surface area contributed by atoms with Crippen LogP contribution in [0, 0.1) is 13.8 Å². The molecule has 0 spiro atoms. The Hall–Kier alpha value is -1.24. The Morgan fingerprint density at radius 2 is 1.69 bits per heavy atom. The summed E-state index contributed by atoms with van der Waals surface area (Å²) in [5.41, 5.74) is 5.11. The van der Waals surface area contributed by atoms with Crippen molar-refractivity contribution in [2.75, 3.05) is 0 Å². The molecule has 0 aliphatic rings. The Balaban J connectivity index is 3.47. The predicted octanol–water partition coefficient (Wildman–Crippen LogP) is 3.32. The number of hydrogen-bond donors (Lipinski definition) is 0. The number of aromatic nitrogens is 1. The summed E-state index contributed by atoms with van der Waals surface area (Å²) in [5, 5.41) is 0. The Kier molecular flexibility index (Phi) is 2.76. The van der Waals surface area contributed by atoms with Crippen LogP contribution in [0.2, 0.25) is 0 Å². The van der Waals surface area contributed by atoms with E-state index in [4.69, 9.17) is 0 Å². The van der Waals surface area contributed by atoms with E-state index in [0.717, 1.165) is 0 Å². The first-order chi connectivity index (χ1) is 6.13. The summed E-state index contributed by atoms with van der Waals surface area (Å²) in [6, 6.07) is 0. The summed E-state index contributed by atoms with van der Waals surface area (Å²) in [7, 11) is 2.09. The molecule has 0 unspecified atom stereocenters. The van der Waals surface area contributed by atoms with Gasteiger partial charge in [0.15, 0.2) is 0 Å². The fourth-order valence-electron chi connectivity index (χ4n) is 1.64. The van der Waals surface area contributed by atoms with Crippen LogP contribution in [-0.2, 0) is 7.05 Å². The van der Waals surface area contributed by atoms with Crippen molar-refractivity contribution >= 4 is 12.2 Å². The second kappa shape index (κ2) is 3.65.